The van der Waals surface area contributed by atoms with E-state index in [1.807, 2.05) is 0 Å². The summed E-state index contributed by atoms with van der Waals surface area (Å²) in [6.07, 6.45) is 4.91. The average molecular weight is 278 g/mol. The van der Waals surface area contributed by atoms with E-state index in [0.29, 0.717) is 5.56 Å². The first kappa shape index (κ1) is 15.2. The highest BCUT2D eigenvalue weighted by molar-refractivity contribution is 5.82. The molecule has 0 bridgehead atoms. The van der Waals surface area contributed by atoms with Gasteiger partial charge in [-0.05, 0) is 17.7 Å². The number of carboxylic acids is 1. The summed E-state index contributed by atoms with van der Waals surface area (Å²) in [6.45, 7) is -0.0157. The van der Waals surface area contributed by atoms with Crippen molar-refractivity contribution >= 4 is 12.0 Å². The molecule has 0 fully saturated rings. The first-order valence-corrected chi connectivity index (χ1v) is 5.65. The third-order valence-electron chi connectivity index (χ3n) is 2.43. The molecule has 0 saturated heterocycles. The first-order chi connectivity index (χ1) is 9.43. The van der Waals surface area contributed by atoms with E-state index in [2.05, 4.69) is 16.6 Å². The number of benzene rings is 1. The van der Waals surface area contributed by atoms with Gasteiger partial charge in [-0.3, -0.25) is 0 Å². The van der Waals surface area contributed by atoms with Crippen LogP contribution < -0.4 is 10.6 Å². The Morgan fingerprint density at radius 2 is 2.00 bits per heavy atom. The van der Waals surface area contributed by atoms with Crippen LogP contribution in [0.2, 0.25) is 0 Å². The smallest absolute Gasteiger partial charge is 0.326 e. The zero-order valence-corrected chi connectivity index (χ0v) is 10.5. The lowest BCUT2D eigenvalue weighted by molar-refractivity contribution is -0.139. The number of aromatic hydroxyl groups is 2. The first-order valence-electron chi connectivity index (χ1n) is 5.65. The maximum absolute atomic E-state index is 11.4. The van der Waals surface area contributed by atoms with Crippen LogP contribution in [0.25, 0.3) is 0 Å². The fourth-order valence-electron chi connectivity index (χ4n) is 1.47. The quantitative estimate of drug-likeness (QED) is 0.384. The molecule has 0 heterocycles. The number of nitrogens with one attached hydrogen (secondary N) is 2. The zero-order chi connectivity index (χ0) is 15.1. The molecule has 7 nitrogen and oxygen atoms in total. The Hall–Kier alpha value is -2.88. The van der Waals surface area contributed by atoms with Crippen molar-refractivity contribution in [2.45, 2.75) is 12.5 Å². The SMILES string of the molecule is C#CCNC(=O)N[C@@H](Cc1ccc(O)c(O)c1)C(=O)O. The largest absolute Gasteiger partial charge is 0.504 e. The molecule has 5 N–H and O–H groups in total. The minimum absolute atomic E-state index is 0.0157. The van der Waals surface area contributed by atoms with Gasteiger partial charge in [-0.15, -0.1) is 6.42 Å². The lowest BCUT2D eigenvalue weighted by Gasteiger charge is -2.15. The zero-order valence-electron chi connectivity index (χ0n) is 10.5. The van der Waals surface area contributed by atoms with Crippen LogP contribution in [-0.2, 0) is 11.2 Å². The van der Waals surface area contributed by atoms with Crippen molar-refractivity contribution in [2.75, 3.05) is 6.54 Å². The van der Waals surface area contributed by atoms with Gasteiger partial charge in [-0.1, -0.05) is 12.0 Å². The number of hydrogen-bond donors (Lipinski definition) is 5. The van der Waals surface area contributed by atoms with Crippen LogP contribution in [-0.4, -0.2) is 39.9 Å². The van der Waals surface area contributed by atoms with Gasteiger partial charge in [0.05, 0.1) is 6.54 Å². The molecule has 7 heteroatoms. The maximum atomic E-state index is 11.4. The summed E-state index contributed by atoms with van der Waals surface area (Å²) in [5.41, 5.74) is 0.449. The summed E-state index contributed by atoms with van der Waals surface area (Å²) in [5, 5.41) is 32.1. The minimum atomic E-state index is -1.23. The second kappa shape index (κ2) is 6.89. The van der Waals surface area contributed by atoms with Crippen LogP contribution in [0, 0.1) is 12.3 Å². The average Bonchev–Trinajstić information content (AvgIpc) is 2.39. The van der Waals surface area contributed by atoms with Crippen molar-refractivity contribution in [1.29, 1.82) is 0 Å². The van der Waals surface area contributed by atoms with E-state index >= 15 is 0 Å². The molecule has 0 radical (unpaired) electrons. The van der Waals surface area contributed by atoms with E-state index in [0.717, 1.165) is 0 Å². The second-order valence-corrected chi connectivity index (χ2v) is 3.95. The molecule has 0 aliphatic heterocycles. The number of hydrogen-bond acceptors (Lipinski definition) is 4. The lowest BCUT2D eigenvalue weighted by atomic mass is 10.1. The van der Waals surface area contributed by atoms with Crippen molar-refractivity contribution in [1.82, 2.24) is 10.6 Å². The number of carbonyl (C=O) groups excluding carboxylic acids is 1. The van der Waals surface area contributed by atoms with Crippen molar-refractivity contribution in [2.24, 2.45) is 0 Å². The molecule has 0 aliphatic carbocycles. The minimum Gasteiger partial charge on any atom is -0.504 e. The Bertz CT molecular complexity index is 550. The van der Waals surface area contributed by atoms with E-state index < -0.39 is 18.0 Å². The number of carboxylic acid groups (broad SMARTS) is 1. The Labute approximate surface area is 115 Å². The Kier molecular flexibility index (Phi) is 5.23. The van der Waals surface area contributed by atoms with Crippen LogP contribution in [0.3, 0.4) is 0 Å². The standard InChI is InChI=1S/C13H14N2O5/c1-2-5-14-13(20)15-9(12(18)19)6-8-3-4-10(16)11(17)7-8/h1,3-4,7,9,16-17H,5-6H2,(H,18,19)(H2,14,15,20)/t9-/m0/s1. The van der Waals surface area contributed by atoms with Crippen molar-refractivity contribution in [3.63, 3.8) is 0 Å². The molecule has 1 aromatic carbocycles. The predicted molar refractivity (Wildman–Crippen MR) is 70.3 cm³/mol. The highest BCUT2D eigenvalue weighted by atomic mass is 16.4. The van der Waals surface area contributed by atoms with Gasteiger partial charge in [-0.25, -0.2) is 9.59 Å². The van der Waals surface area contributed by atoms with Gasteiger partial charge < -0.3 is 26.0 Å². The molecule has 106 valence electrons. The number of phenols is 2. The van der Waals surface area contributed by atoms with Gasteiger partial charge in [0.25, 0.3) is 0 Å². The molecule has 1 aromatic rings. The summed E-state index contributed by atoms with van der Waals surface area (Å²) in [5.74, 6) is 0.293. The molecule has 2 amide bonds. The number of rotatable bonds is 5. The fourth-order valence-corrected chi connectivity index (χ4v) is 1.47. The van der Waals surface area contributed by atoms with Crippen LogP contribution in [0.1, 0.15) is 5.56 Å². The third-order valence-corrected chi connectivity index (χ3v) is 2.43. The number of phenolic OH excluding ortho intramolecular Hbond substituents is 2. The second-order valence-electron chi connectivity index (χ2n) is 3.95. The molecule has 1 rings (SSSR count). The molecule has 0 unspecified atom stereocenters. The Morgan fingerprint density at radius 3 is 2.55 bits per heavy atom. The van der Waals surface area contributed by atoms with Gasteiger partial charge in [-0.2, -0.15) is 0 Å². The van der Waals surface area contributed by atoms with Crippen molar-refractivity contribution in [3.05, 3.63) is 23.8 Å². The maximum Gasteiger partial charge on any atom is 0.326 e. The van der Waals surface area contributed by atoms with Gasteiger partial charge in [0, 0.05) is 6.42 Å². The topological polar surface area (TPSA) is 119 Å². The van der Waals surface area contributed by atoms with Crippen LogP contribution in [0.5, 0.6) is 11.5 Å². The highest BCUT2D eigenvalue weighted by Gasteiger charge is 2.20. The summed E-state index contributed by atoms with van der Waals surface area (Å²) < 4.78 is 0. The van der Waals surface area contributed by atoms with Gasteiger partial charge in [0.2, 0.25) is 0 Å². The lowest BCUT2D eigenvalue weighted by Crippen LogP contribution is -2.47. The van der Waals surface area contributed by atoms with Crippen LogP contribution >= 0.6 is 0 Å². The van der Waals surface area contributed by atoms with Gasteiger partial charge in [0.15, 0.2) is 11.5 Å². The molecular formula is C13H14N2O5. The number of urea groups is 1. The molecular weight excluding hydrogens is 264 g/mol. The number of aliphatic carboxylic acids is 1. The summed E-state index contributed by atoms with van der Waals surface area (Å²) in [6, 6.07) is 2.04. The van der Waals surface area contributed by atoms with Crippen molar-refractivity contribution in [3.8, 4) is 23.8 Å². The number of carbonyl (C=O) groups is 2. The monoisotopic (exact) mass is 278 g/mol. The van der Waals surface area contributed by atoms with Crippen LogP contribution in [0.15, 0.2) is 18.2 Å². The molecule has 0 aromatic heterocycles. The molecule has 20 heavy (non-hydrogen) atoms. The fraction of sp³-hybridized carbons (Fsp3) is 0.231. The van der Waals surface area contributed by atoms with Crippen LogP contribution in [0.4, 0.5) is 4.79 Å². The summed E-state index contributed by atoms with van der Waals surface area (Å²) in [4.78, 5) is 22.4. The molecule has 0 saturated carbocycles. The molecule has 1 atom stereocenters. The number of terminal acetylenes is 1. The van der Waals surface area contributed by atoms with E-state index in [1.54, 1.807) is 0 Å². The van der Waals surface area contributed by atoms with Gasteiger partial charge >= 0.3 is 12.0 Å². The Balaban J connectivity index is 2.72. The third kappa shape index (κ3) is 4.42. The Morgan fingerprint density at radius 1 is 1.30 bits per heavy atom. The normalized spacial score (nSPS) is 11.2. The van der Waals surface area contributed by atoms with Crippen molar-refractivity contribution < 1.29 is 24.9 Å². The van der Waals surface area contributed by atoms with Gasteiger partial charge in [0.1, 0.15) is 6.04 Å². The molecule has 0 aliphatic rings. The highest BCUT2D eigenvalue weighted by Crippen LogP contribution is 2.25. The number of amides is 2. The van der Waals surface area contributed by atoms with E-state index in [-0.39, 0.29) is 24.5 Å². The van der Waals surface area contributed by atoms with E-state index in [4.69, 9.17) is 16.6 Å². The molecule has 0 spiro atoms. The summed E-state index contributed by atoms with van der Waals surface area (Å²) >= 11 is 0. The summed E-state index contributed by atoms with van der Waals surface area (Å²) in [7, 11) is 0. The van der Waals surface area contributed by atoms with E-state index in [1.165, 1.54) is 18.2 Å². The predicted octanol–water partition coefficient (Wildman–Crippen LogP) is 0.0259. The van der Waals surface area contributed by atoms with E-state index in [9.17, 15) is 14.7 Å².